The highest BCUT2D eigenvalue weighted by molar-refractivity contribution is 7.99. The number of hydrogen-bond acceptors (Lipinski definition) is 6. The number of carbonyl (C=O) groups excluding carboxylic acids is 1. The number of furan rings is 1. The highest BCUT2D eigenvalue weighted by Crippen LogP contribution is 2.29. The first kappa shape index (κ1) is 19.8. The molecule has 0 atom stereocenters. The third-order valence-electron chi connectivity index (χ3n) is 4.80. The topological polar surface area (TPSA) is 67.4 Å². The van der Waals surface area contributed by atoms with Crippen molar-refractivity contribution in [2.45, 2.75) is 24.5 Å². The van der Waals surface area contributed by atoms with Gasteiger partial charge in [0, 0.05) is 25.2 Å². The molecule has 0 saturated carbocycles. The number of benzene rings is 1. The van der Waals surface area contributed by atoms with Crippen molar-refractivity contribution in [2.75, 3.05) is 30.8 Å². The van der Waals surface area contributed by atoms with Crippen LogP contribution in [0, 0.1) is 0 Å². The van der Waals surface area contributed by atoms with Gasteiger partial charge in [0.05, 0.1) is 24.2 Å². The van der Waals surface area contributed by atoms with Gasteiger partial charge in [-0.15, -0.1) is 10.2 Å². The smallest absolute Gasteiger partial charge is 0.233 e. The van der Waals surface area contributed by atoms with E-state index in [-0.39, 0.29) is 11.7 Å². The highest BCUT2D eigenvalue weighted by Gasteiger charge is 2.23. The Morgan fingerprint density at radius 2 is 2.07 bits per heavy atom. The SMILES string of the molecule is CN(Cc1ccco1)C(=O)CSc1nnc(N2CCCC2)n1-c1cccc(Cl)c1. The molecule has 0 aliphatic carbocycles. The van der Waals surface area contributed by atoms with Crippen molar-refractivity contribution in [1.82, 2.24) is 19.7 Å². The minimum Gasteiger partial charge on any atom is -0.467 e. The fraction of sp³-hybridized carbons (Fsp3) is 0.350. The van der Waals surface area contributed by atoms with E-state index in [1.807, 2.05) is 41.0 Å². The van der Waals surface area contributed by atoms with Crippen LogP contribution in [0.2, 0.25) is 5.02 Å². The number of hydrogen-bond donors (Lipinski definition) is 0. The lowest BCUT2D eigenvalue weighted by Gasteiger charge is -2.19. The Morgan fingerprint density at radius 1 is 1.24 bits per heavy atom. The molecule has 0 unspecified atom stereocenters. The van der Waals surface area contributed by atoms with E-state index < -0.39 is 0 Å². The van der Waals surface area contributed by atoms with Gasteiger partial charge < -0.3 is 14.2 Å². The van der Waals surface area contributed by atoms with Crippen molar-refractivity contribution in [3.05, 3.63) is 53.4 Å². The second-order valence-corrected chi connectivity index (χ2v) is 8.29. The Kier molecular flexibility index (Phi) is 6.10. The first-order chi connectivity index (χ1) is 14.1. The molecule has 7 nitrogen and oxygen atoms in total. The molecular weight excluding hydrogens is 410 g/mol. The van der Waals surface area contributed by atoms with Gasteiger partial charge in [0.2, 0.25) is 11.9 Å². The van der Waals surface area contributed by atoms with Gasteiger partial charge in [0.25, 0.3) is 0 Å². The summed E-state index contributed by atoms with van der Waals surface area (Å²) in [5, 5.41) is 10.1. The van der Waals surface area contributed by atoms with Crippen LogP contribution in [0.15, 0.2) is 52.2 Å². The van der Waals surface area contributed by atoms with Crippen LogP contribution in [-0.2, 0) is 11.3 Å². The lowest BCUT2D eigenvalue weighted by molar-refractivity contribution is -0.127. The maximum absolute atomic E-state index is 12.6. The van der Waals surface area contributed by atoms with Crippen molar-refractivity contribution < 1.29 is 9.21 Å². The van der Waals surface area contributed by atoms with Crippen molar-refractivity contribution in [3.63, 3.8) is 0 Å². The van der Waals surface area contributed by atoms with Gasteiger partial charge in [-0.1, -0.05) is 29.4 Å². The largest absolute Gasteiger partial charge is 0.467 e. The lowest BCUT2D eigenvalue weighted by Crippen LogP contribution is -2.27. The fourth-order valence-corrected chi connectivity index (χ4v) is 4.35. The number of amides is 1. The maximum atomic E-state index is 12.6. The van der Waals surface area contributed by atoms with Crippen LogP contribution < -0.4 is 4.90 Å². The predicted molar refractivity (Wildman–Crippen MR) is 114 cm³/mol. The van der Waals surface area contributed by atoms with E-state index in [0.717, 1.165) is 43.3 Å². The summed E-state index contributed by atoms with van der Waals surface area (Å²) in [5.41, 5.74) is 0.892. The predicted octanol–water partition coefficient (Wildman–Crippen LogP) is 3.86. The molecule has 1 aliphatic rings. The zero-order valence-corrected chi connectivity index (χ0v) is 17.7. The van der Waals surface area contributed by atoms with Gasteiger partial charge in [0.1, 0.15) is 5.76 Å². The first-order valence-corrected chi connectivity index (χ1v) is 10.8. The number of nitrogens with zero attached hydrogens (tertiary/aromatic N) is 5. The van der Waals surface area contributed by atoms with E-state index in [0.29, 0.717) is 16.7 Å². The van der Waals surface area contributed by atoms with E-state index in [9.17, 15) is 4.79 Å². The Bertz CT molecular complexity index is 969. The lowest BCUT2D eigenvalue weighted by atomic mass is 10.3. The van der Waals surface area contributed by atoms with Gasteiger partial charge in [-0.25, -0.2) is 0 Å². The molecule has 0 N–H and O–H groups in total. The molecule has 3 aromatic rings. The van der Waals surface area contributed by atoms with Crippen LogP contribution in [0.4, 0.5) is 5.95 Å². The molecule has 1 fully saturated rings. The molecule has 0 bridgehead atoms. The number of rotatable bonds is 7. The maximum Gasteiger partial charge on any atom is 0.233 e. The Morgan fingerprint density at radius 3 is 2.79 bits per heavy atom. The third kappa shape index (κ3) is 4.59. The quantitative estimate of drug-likeness (QED) is 0.529. The van der Waals surface area contributed by atoms with Crippen LogP contribution in [0.5, 0.6) is 0 Å². The first-order valence-electron chi connectivity index (χ1n) is 9.47. The van der Waals surface area contributed by atoms with Gasteiger partial charge in [0.15, 0.2) is 5.16 Å². The Balaban J connectivity index is 1.53. The minimum atomic E-state index is -0.00485. The molecule has 29 heavy (non-hydrogen) atoms. The molecule has 3 heterocycles. The molecule has 1 saturated heterocycles. The number of carbonyl (C=O) groups is 1. The number of halogens is 1. The van der Waals surface area contributed by atoms with E-state index in [1.54, 1.807) is 18.2 Å². The second kappa shape index (κ2) is 8.92. The molecule has 9 heteroatoms. The van der Waals surface area contributed by atoms with E-state index >= 15 is 0 Å². The van der Waals surface area contributed by atoms with Crippen LogP contribution in [-0.4, -0.2) is 51.5 Å². The summed E-state index contributed by atoms with van der Waals surface area (Å²) in [6.45, 7) is 2.34. The monoisotopic (exact) mass is 431 g/mol. The van der Waals surface area contributed by atoms with Crippen molar-refractivity contribution >= 4 is 35.2 Å². The molecule has 2 aromatic heterocycles. The van der Waals surface area contributed by atoms with Crippen LogP contribution in [0.3, 0.4) is 0 Å². The van der Waals surface area contributed by atoms with E-state index in [1.165, 1.54) is 11.8 Å². The van der Waals surface area contributed by atoms with E-state index in [4.69, 9.17) is 16.0 Å². The van der Waals surface area contributed by atoms with Crippen molar-refractivity contribution in [1.29, 1.82) is 0 Å². The molecule has 4 rings (SSSR count). The average Bonchev–Trinajstić information content (AvgIpc) is 3.46. The number of anilines is 1. The van der Waals surface area contributed by atoms with Gasteiger partial charge in [-0.2, -0.15) is 0 Å². The molecule has 1 aromatic carbocycles. The molecule has 0 radical (unpaired) electrons. The van der Waals surface area contributed by atoms with Gasteiger partial charge in [-0.05, 0) is 43.2 Å². The second-order valence-electron chi connectivity index (χ2n) is 6.91. The summed E-state index contributed by atoms with van der Waals surface area (Å²) in [5.74, 6) is 1.80. The Labute approximate surface area is 178 Å². The standard InChI is InChI=1S/C20H22ClN5O2S/c1-24(13-17-8-5-11-28-17)18(27)14-29-20-23-22-19(25-9-2-3-10-25)26(20)16-7-4-6-15(21)12-16/h4-8,11-12H,2-3,9-10,13-14H2,1H3. The summed E-state index contributed by atoms with van der Waals surface area (Å²) in [4.78, 5) is 16.5. The van der Waals surface area contributed by atoms with Crippen molar-refractivity contribution in [3.8, 4) is 5.69 Å². The number of aromatic nitrogens is 3. The third-order valence-corrected chi connectivity index (χ3v) is 5.94. The summed E-state index contributed by atoms with van der Waals surface area (Å²) in [7, 11) is 1.77. The normalized spacial score (nSPS) is 13.8. The summed E-state index contributed by atoms with van der Waals surface area (Å²) in [6.07, 6.45) is 3.89. The molecule has 0 spiro atoms. The molecule has 1 amide bonds. The number of thioether (sulfide) groups is 1. The van der Waals surface area contributed by atoms with Crippen LogP contribution in [0.25, 0.3) is 5.69 Å². The van der Waals surface area contributed by atoms with E-state index in [2.05, 4.69) is 15.1 Å². The van der Waals surface area contributed by atoms with Gasteiger partial charge >= 0.3 is 0 Å². The zero-order chi connectivity index (χ0) is 20.2. The van der Waals surface area contributed by atoms with Crippen LogP contribution in [0.1, 0.15) is 18.6 Å². The van der Waals surface area contributed by atoms with Crippen molar-refractivity contribution in [2.24, 2.45) is 0 Å². The zero-order valence-electron chi connectivity index (χ0n) is 16.1. The summed E-state index contributed by atoms with van der Waals surface area (Å²) in [6, 6.07) is 11.3. The Hall–Kier alpha value is -2.45. The summed E-state index contributed by atoms with van der Waals surface area (Å²) < 4.78 is 7.31. The molecule has 1 aliphatic heterocycles. The average molecular weight is 432 g/mol. The molecule has 152 valence electrons. The summed E-state index contributed by atoms with van der Waals surface area (Å²) >= 11 is 7.59. The fourth-order valence-electron chi connectivity index (χ4n) is 3.28. The molecular formula is C20H22ClN5O2S. The minimum absolute atomic E-state index is 0.00485. The van der Waals surface area contributed by atoms with Gasteiger partial charge in [-0.3, -0.25) is 9.36 Å². The van der Waals surface area contributed by atoms with Crippen LogP contribution >= 0.6 is 23.4 Å². The highest BCUT2D eigenvalue weighted by atomic mass is 35.5.